The van der Waals surface area contributed by atoms with Gasteiger partial charge in [-0.25, -0.2) is 4.39 Å². The third-order valence-electron chi connectivity index (χ3n) is 10.0. The molecule has 1 aromatic carbocycles. The summed E-state index contributed by atoms with van der Waals surface area (Å²) in [5, 5.41) is 67.6. The van der Waals surface area contributed by atoms with Gasteiger partial charge in [0.25, 0.3) is 5.91 Å². The van der Waals surface area contributed by atoms with E-state index in [0.29, 0.717) is 31.4 Å². The number of hydrogen-bond donors (Lipinski definition) is 8. The molecule has 2 amide bonds. The van der Waals surface area contributed by atoms with Gasteiger partial charge in [-0.05, 0) is 43.5 Å². The van der Waals surface area contributed by atoms with Gasteiger partial charge in [0.2, 0.25) is 5.91 Å². The third-order valence-corrected chi connectivity index (χ3v) is 10.0. The molecule has 3 unspecified atom stereocenters. The van der Waals surface area contributed by atoms with Crippen LogP contribution < -0.4 is 10.6 Å². The van der Waals surface area contributed by atoms with Gasteiger partial charge in [-0.2, -0.15) is 0 Å². The van der Waals surface area contributed by atoms with Gasteiger partial charge in [-0.3, -0.25) is 9.59 Å². The van der Waals surface area contributed by atoms with E-state index in [1.807, 2.05) is 0 Å². The standard InChI is InChI=1S/C40H69FN2O10/c1-2-3-4-5-6-7-8-9-10-11-14-17-20-32(45)35(47)31(28-52-40-38(50)37(49)36(48)33(27-44)53-40)43-34(46)21-18-15-12-13-16-19-26-42-39(51)29-22-24-30(41)25-23-29/h22-25,31-33,35-38,40,44-45,47-50H,2-21,26-28H2,1H3,(H,42,51)(H,43,46)/t31?,32?,33-,35?,36+,37+,38-,40+/m1/s1. The molecular formula is C40H69FN2O10. The molecule has 0 spiro atoms. The van der Waals surface area contributed by atoms with E-state index in [9.17, 15) is 44.6 Å². The zero-order valence-corrected chi connectivity index (χ0v) is 31.9. The molecule has 1 heterocycles. The lowest BCUT2D eigenvalue weighted by molar-refractivity contribution is -0.303. The summed E-state index contributed by atoms with van der Waals surface area (Å²) in [5.74, 6) is -0.973. The zero-order valence-electron chi connectivity index (χ0n) is 31.9. The molecule has 8 N–H and O–H groups in total. The van der Waals surface area contributed by atoms with Crippen molar-refractivity contribution >= 4 is 11.8 Å². The smallest absolute Gasteiger partial charge is 0.251 e. The number of carbonyl (C=O) groups is 2. The first kappa shape index (κ1) is 46.9. The summed E-state index contributed by atoms with van der Waals surface area (Å²) in [6.07, 6.45) is 9.51. The molecule has 0 aromatic heterocycles. The lowest BCUT2D eigenvalue weighted by atomic mass is 9.98. The highest BCUT2D eigenvalue weighted by atomic mass is 19.1. The minimum atomic E-state index is -1.64. The Morgan fingerprint density at radius 1 is 0.774 bits per heavy atom. The van der Waals surface area contributed by atoms with Gasteiger partial charge in [0.1, 0.15) is 36.3 Å². The molecule has 2 rings (SSSR count). The second-order valence-electron chi connectivity index (χ2n) is 14.6. The van der Waals surface area contributed by atoms with E-state index in [1.54, 1.807) is 0 Å². The largest absolute Gasteiger partial charge is 0.394 e. The van der Waals surface area contributed by atoms with E-state index < -0.39 is 61.4 Å². The SMILES string of the molecule is CCCCCCCCCCCCCCC(O)C(O)C(CO[C@H]1O[C@H](CO)[C@H](O)[C@H](O)[C@H]1O)NC(=O)CCCCCCCCNC(=O)c1ccc(F)cc1. The highest BCUT2D eigenvalue weighted by Gasteiger charge is 2.44. The zero-order chi connectivity index (χ0) is 38.8. The summed E-state index contributed by atoms with van der Waals surface area (Å²) in [6.45, 7) is 1.75. The molecule has 1 aliphatic rings. The Balaban J connectivity index is 1.73. The van der Waals surface area contributed by atoms with E-state index in [-0.39, 0.29) is 24.8 Å². The Morgan fingerprint density at radius 2 is 1.32 bits per heavy atom. The lowest BCUT2D eigenvalue weighted by Gasteiger charge is -2.40. The van der Waals surface area contributed by atoms with Crippen LogP contribution in [-0.4, -0.2) is 111 Å². The number of hydrogen-bond acceptors (Lipinski definition) is 10. The predicted octanol–water partition coefficient (Wildman–Crippen LogP) is 4.40. The van der Waals surface area contributed by atoms with Gasteiger partial charge >= 0.3 is 0 Å². The van der Waals surface area contributed by atoms with Crippen LogP contribution in [0.5, 0.6) is 0 Å². The minimum absolute atomic E-state index is 0.186. The Morgan fingerprint density at radius 3 is 1.91 bits per heavy atom. The molecule has 1 aliphatic heterocycles. The van der Waals surface area contributed by atoms with Crippen molar-refractivity contribution in [2.24, 2.45) is 0 Å². The van der Waals surface area contributed by atoms with Gasteiger partial charge in [0.05, 0.1) is 25.4 Å². The monoisotopic (exact) mass is 756 g/mol. The van der Waals surface area contributed by atoms with E-state index >= 15 is 0 Å². The van der Waals surface area contributed by atoms with Gasteiger partial charge < -0.3 is 50.7 Å². The molecule has 1 aromatic rings. The molecular weight excluding hydrogens is 687 g/mol. The number of halogens is 1. The normalized spacial score (nSPS) is 21.9. The first-order chi connectivity index (χ1) is 25.6. The summed E-state index contributed by atoms with van der Waals surface area (Å²) in [6, 6.07) is 4.34. The Bertz CT molecular complexity index is 1100. The molecule has 1 fully saturated rings. The van der Waals surface area contributed by atoms with Crippen molar-refractivity contribution < 1.29 is 54.1 Å². The molecule has 0 radical (unpaired) electrons. The molecule has 13 heteroatoms. The van der Waals surface area contributed by atoms with Gasteiger partial charge in [-0.1, -0.05) is 110 Å². The summed E-state index contributed by atoms with van der Waals surface area (Å²) in [5.41, 5.74) is 0.411. The average Bonchev–Trinajstić information content (AvgIpc) is 3.15. The van der Waals surface area contributed by atoms with Crippen LogP contribution in [0.15, 0.2) is 24.3 Å². The van der Waals surface area contributed by atoms with Crippen molar-refractivity contribution in [3.05, 3.63) is 35.6 Å². The number of ether oxygens (including phenoxy) is 2. The van der Waals surface area contributed by atoms with Crippen molar-refractivity contribution in [1.82, 2.24) is 10.6 Å². The highest BCUT2D eigenvalue weighted by Crippen LogP contribution is 2.23. The maximum atomic E-state index is 13.0. The van der Waals surface area contributed by atoms with Crippen LogP contribution in [0.4, 0.5) is 4.39 Å². The van der Waals surface area contributed by atoms with Gasteiger partial charge in [0, 0.05) is 18.5 Å². The molecule has 53 heavy (non-hydrogen) atoms. The lowest BCUT2D eigenvalue weighted by Crippen LogP contribution is -2.60. The van der Waals surface area contributed by atoms with E-state index in [2.05, 4.69) is 17.6 Å². The fraction of sp³-hybridized carbons (Fsp3) is 0.800. The Kier molecular flexibility index (Phi) is 25.0. The highest BCUT2D eigenvalue weighted by molar-refractivity contribution is 5.94. The third kappa shape index (κ3) is 19.3. The first-order valence-corrected chi connectivity index (χ1v) is 20.2. The summed E-state index contributed by atoms with van der Waals surface area (Å²) < 4.78 is 24.1. The van der Waals surface area contributed by atoms with Crippen LogP contribution in [0.25, 0.3) is 0 Å². The first-order valence-electron chi connectivity index (χ1n) is 20.2. The van der Waals surface area contributed by atoms with Gasteiger partial charge in [-0.15, -0.1) is 0 Å². The van der Waals surface area contributed by atoms with Crippen LogP contribution in [-0.2, 0) is 14.3 Å². The molecule has 12 nitrogen and oxygen atoms in total. The number of aliphatic hydroxyl groups is 6. The maximum Gasteiger partial charge on any atom is 0.251 e. The number of benzene rings is 1. The number of carbonyl (C=O) groups excluding carboxylic acids is 2. The number of aliphatic hydroxyl groups excluding tert-OH is 6. The van der Waals surface area contributed by atoms with Crippen LogP contribution in [0, 0.1) is 5.82 Å². The quantitative estimate of drug-likeness (QED) is 0.0521. The fourth-order valence-corrected chi connectivity index (χ4v) is 6.56. The van der Waals surface area contributed by atoms with Crippen LogP contribution in [0.3, 0.4) is 0 Å². The minimum Gasteiger partial charge on any atom is -0.394 e. The number of rotatable bonds is 30. The molecule has 8 atom stereocenters. The number of amides is 2. The Labute approximate surface area is 315 Å². The number of unbranched alkanes of at least 4 members (excludes halogenated alkanes) is 16. The summed E-state index contributed by atoms with van der Waals surface area (Å²) in [7, 11) is 0. The van der Waals surface area contributed by atoms with Crippen molar-refractivity contribution in [1.29, 1.82) is 0 Å². The molecule has 0 saturated carbocycles. The summed E-state index contributed by atoms with van der Waals surface area (Å²) in [4.78, 5) is 25.0. The van der Waals surface area contributed by atoms with Crippen LogP contribution in [0.1, 0.15) is 146 Å². The molecule has 1 saturated heterocycles. The van der Waals surface area contributed by atoms with Crippen molar-refractivity contribution in [3.63, 3.8) is 0 Å². The van der Waals surface area contributed by atoms with E-state index in [4.69, 9.17) is 9.47 Å². The maximum absolute atomic E-state index is 13.0. The van der Waals surface area contributed by atoms with Crippen molar-refractivity contribution in [3.8, 4) is 0 Å². The average molecular weight is 757 g/mol. The predicted molar refractivity (Wildman–Crippen MR) is 200 cm³/mol. The second kappa shape index (κ2) is 28.2. The van der Waals surface area contributed by atoms with Crippen LogP contribution >= 0.6 is 0 Å². The van der Waals surface area contributed by atoms with E-state index in [1.165, 1.54) is 75.6 Å². The number of nitrogens with one attached hydrogen (secondary N) is 2. The molecule has 306 valence electrons. The summed E-state index contributed by atoms with van der Waals surface area (Å²) >= 11 is 0. The van der Waals surface area contributed by atoms with Gasteiger partial charge in [0.15, 0.2) is 6.29 Å². The molecule has 0 bridgehead atoms. The fourth-order valence-electron chi connectivity index (χ4n) is 6.56. The van der Waals surface area contributed by atoms with Crippen molar-refractivity contribution in [2.75, 3.05) is 19.8 Å². The van der Waals surface area contributed by atoms with Crippen molar-refractivity contribution in [2.45, 2.75) is 184 Å². The Hall–Kier alpha value is -2.23. The molecule has 0 aliphatic carbocycles. The van der Waals surface area contributed by atoms with E-state index in [0.717, 1.165) is 51.4 Å². The topological polar surface area (TPSA) is 198 Å². The van der Waals surface area contributed by atoms with Crippen LogP contribution in [0.2, 0.25) is 0 Å². The second-order valence-corrected chi connectivity index (χ2v) is 14.6.